The second-order valence-corrected chi connectivity index (χ2v) is 7.08. The molecule has 0 fully saturated rings. The Morgan fingerprint density at radius 3 is 2.56 bits per heavy atom. The summed E-state index contributed by atoms with van der Waals surface area (Å²) in [7, 11) is 3.68. The zero-order valence-electron chi connectivity index (χ0n) is 15.3. The minimum atomic E-state index is -0.465. The second kappa shape index (κ2) is 8.08. The van der Waals surface area contributed by atoms with Crippen LogP contribution in [0, 0.1) is 6.92 Å². The van der Waals surface area contributed by atoms with Crippen molar-refractivity contribution in [3.8, 4) is 5.69 Å². The van der Waals surface area contributed by atoms with Crippen LogP contribution in [-0.4, -0.2) is 40.1 Å². The maximum atomic E-state index is 6.58. The number of aryl methyl sites for hydroxylation is 1. The molecule has 27 heavy (non-hydrogen) atoms. The van der Waals surface area contributed by atoms with Crippen molar-refractivity contribution < 1.29 is 0 Å². The van der Waals surface area contributed by atoms with Crippen LogP contribution in [0.1, 0.15) is 28.8 Å². The summed E-state index contributed by atoms with van der Waals surface area (Å²) >= 11 is 12.6. The summed E-state index contributed by atoms with van der Waals surface area (Å²) < 4.78 is 1.90. The van der Waals surface area contributed by atoms with Gasteiger partial charge in [0, 0.05) is 24.1 Å². The molecule has 0 aliphatic rings. The summed E-state index contributed by atoms with van der Waals surface area (Å²) in [6, 6.07) is 12.6. The molecule has 2 N–H and O–H groups in total. The number of halogens is 2. The van der Waals surface area contributed by atoms with Gasteiger partial charge in [0.25, 0.3) is 0 Å². The molecule has 1 aromatic heterocycles. The van der Waals surface area contributed by atoms with Crippen LogP contribution in [0.2, 0.25) is 10.0 Å². The van der Waals surface area contributed by atoms with Crippen LogP contribution < -0.4 is 5.73 Å². The van der Waals surface area contributed by atoms with E-state index < -0.39 is 6.04 Å². The third-order valence-electron chi connectivity index (χ3n) is 4.06. The average molecular weight is 403 g/mol. The van der Waals surface area contributed by atoms with Crippen molar-refractivity contribution in [2.24, 2.45) is 10.8 Å². The average Bonchev–Trinajstić information content (AvgIpc) is 3.00. The zero-order valence-corrected chi connectivity index (χ0v) is 16.8. The topological polar surface area (TPSA) is 72.3 Å². The zero-order chi connectivity index (χ0) is 19.6. The molecule has 140 valence electrons. The molecule has 1 heterocycles. The highest BCUT2D eigenvalue weighted by Gasteiger charge is 2.20. The van der Waals surface area contributed by atoms with Gasteiger partial charge in [0.15, 0.2) is 5.82 Å². The van der Waals surface area contributed by atoms with Crippen molar-refractivity contribution in [2.75, 3.05) is 14.1 Å². The van der Waals surface area contributed by atoms with Gasteiger partial charge in [0.05, 0.1) is 17.9 Å². The maximum Gasteiger partial charge on any atom is 0.181 e. The van der Waals surface area contributed by atoms with E-state index in [9.17, 15) is 0 Å². The van der Waals surface area contributed by atoms with Crippen molar-refractivity contribution in [3.05, 3.63) is 75.3 Å². The fourth-order valence-electron chi connectivity index (χ4n) is 2.80. The lowest BCUT2D eigenvalue weighted by atomic mass is 9.97. The van der Waals surface area contributed by atoms with E-state index in [-0.39, 0.29) is 0 Å². The quantitative estimate of drug-likeness (QED) is 0.519. The summed E-state index contributed by atoms with van der Waals surface area (Å²) in [4.78, 5) is 0. The lowest BCUT2D eigenvalue weighted by molar-refractivity contribution is 0.440. The molecule has 0 spiro atoms. The highest BCUT2D eigenvalue weighted by atomic mass is 35.5. The first-order valence-corrected chi connectivity index (χ1v) is 9.07. The molecule has 0 saturated carbocycles. The van der Waals surface area contributed by atoms with Gasteiger partial charge in [-0.2, -0.15) is 5.10 Å². The van der Waals surface area contributed by atoms with Crippen molar-refractivity contribution >= 4 is 29.4 Å². The molecule has 0 radical (unpaired) electrons. The van der Waals surface area contributed by atoms with Gasteiger partial charge in [-0.25, -0.2) is 0 Å². The molecule has 1 unspecified atom stereocenters. The van der Waals surface area contributed by atoms with E-state index in [4.69, 9.17) is 28.9 Å². The Morgan fingerprint density at radius 2 is 1.85 bits per heavy atom. The Hall–Kier alpha value is -2.41. The van der Waals surface area contributed by atoms with E-state index in [0.717, 1.165) is 16.8 Å². The van der Waals surface area contributed by atoms with Crippen LogP contribution in [0.4, 0.5) is 0 Å². The highest BCUT2D eigenvalue weighted by Crippen LogP contribution is 2.32. The first-order chi connectivity index (χ1) is 12.9. The number of aromatic nitrogens is 3. The van der Waals surface area contributed by atoms with Gasteiger partial charge in [-0.05, 0) is 42.3 Å². The van der Waals surface area contributed by atoms with Crippen LogP contribution >= 0.6 is 23.2 Å². The minimum Gasteiger partial charge on any atom is -0.320 e. The molecular formula is C19H20Cl2N6. The number of nitrogens with zero attached hydrogens (tertiary/aromatic N) is 5. The van der Waals surface area contributed by atoms with Crippen LogP contribution in [0.5, 0.6) is 0 Å². The number of hydrogen-bond acceptors (Lipinski definition) is 5. The molecule has 0 aliphatic heterocycles. The summed E-state index contributed by atoms with van der Waals surface area (Å²) in [5, 5.41) is 15.5. The van der Waals surface area contributed by atoms with E-state index >= 15 is 0 Å². The predicted octanol–water partition coefficient (Wildman–Crippen LogP) is 3.83. The standard InChI is InChI=1S/C19H20Cl2N6/c1-12-24-25-18(11-23-26(2)3)27(12)17-9-8-13(20)10-15(17)19(22)14-6-4-5-7-16(14)21/h4-11,19H,22H2,1-3H3/b23-11+. The van der Waals surface area contributed by atoms with Gasteiger partial charge < -0.3 is 10.7 Å². The third-order valence-corrected chi connectivity index (χ3v) is 4.64. The second-order valence-electron chi connectivity index (χ2n) is 6.23. The summed E-state index contributed by atoms with van der Waals surface area (Å²) in [5.41, 5.74) is 9.04. The van der Waals surface area contributed by atoms with Crippen molar-refractivity contribution in [3.63, 3.8) is 0 Å². The van der Waals surface area contributed by atoms with Crippen LogP contribution in [0.15, 0.2) is 47.6 Å². The van der Waals surface area contributed by atoms with E-state index in [2.05, 4.69) is 15.3 Å². The lowest BCUT2D eigenvalue weighted by Crippen LogP contribution is -2.17. The molecule has 2 aromatic carbocycles. The van der Waals surface area contributed by atoms with Gasteiger partial charge >= 0.3 is 0 Å². The Balaban J connectivity index is 2.17. The number of hydrogen-bond donors (Lipinski definition) is 1. The minimum absolute atomic E-state index is 0.465. The van der Waals surface area contributed by atoms with Crippen molar-refractivity contribution in [1.82, 2.24) is 19.8 Å². The predicted molar refractivity (Wildman–Crippen MR) is 110 cm³/mol. The van der Waals surface area contributed by atoms with Crippen LogP contribution in [-0.2, 0) is 0 Å². The first kappa shape index (κ1) is 19.4. The molecular weight excluding hydrogens is 383 g/mol. The summed E-state index contributed by atoms with van der Waals surface area (Å²) in [5.74, 6) is 1.31. The summed E-state index contributed by atoms with van der Waals surface area (Å²) in [6.07, 6.45) is 1.65. The fraction of sp³-hybridized carbons (Fsp3) is 0.211. The normalized spacial score (nSPS) is 12.5. The number of rotatable bonds is 5. The summed E-state index contributed by atoms with van der Waals surface area (Å²) in [6.45, 7) is 1.87. The van der Waals surface area contributed by atoms with Gasteiger partial charge in [0.1, 0.15) is 5.82 Å². The Bertz CT molecular complexity index is 980. The van der Waals surface area contributed by atoms with E-state index in [0.29, 0.717) is 21.7 Å². The molecule has 6 nitrogen and oxygen atoms in total. The number of hydrazone groups is 1. The molecule has 0 saturated heterocycles. The van der Waals surface area contributed by atoms with Crippen LogP contribution in [0.25, 0.3) is 5.69 Å². The van der Waals surface area contributed by atoms with Gasteiger partial charge in [0.2, 0.25) is 0 Å². The fourth-order valence-corrected chi connectivity index (χ4v) is 3.23. The molecule has 3 aromatic rings. The first-order valence-electron chi connectivity index (χ1n) is 8.31. The monoisotopic (exact) mass is 402 g/mol. The Labute approximate surface area is 168 Å². The van der Waals surface area contributed by atoms with Crippen LogP contribution in [0.3, 0.4) is 0 Å². The largest absolute Gasteiger partial charge is 0.320 e. The van der Waals surface area contributed by atoms with Gasteiger partial charge in [-0.15, -0.1) is 10.2 Å². The van der Waals surface area contributed by atoms with Gasteiger partial charge in [-0.3, -0.25) is 4.57 Å². The Kier molecular flexibility index (Phi) is 5.79. The maximum absolute atomic E-state index is 6.58. The van der Waals surface area contributed by atoms with E-state index in [1.54, 1.807) is 11.2 Å². The molecule has 0 bridgehead atoms. The lowest BCUT2D eigenvalue weighted by Gasteiger charge is -2.20. The van der Waals surface area contributed by atoms with Gasteiger partial charge in [-0.1, -0.05) is 41.4 Å². The number of benzene rings is 2. The van der Waals surface area contributed by atoms with Crippen molar-refractivity contribution in [1.29, 1.82) is 0 Å². The van der Waals surface area contributed by atoms with Crippen molar-refractivity contribution in [2.45, 2.75) is 13.0 Å². The molecule has 0 amide bonds. The molecule has 3 rings (SSSR count). The smallest absolute Gasteiger partial charge is 0.181 e. The highest BCUT2D eigenvalue weighted by molar-refractivity contribution is 6.31. The van der Waals surface area contributed by atoms with E-state index in [1.807, 2.05) is 68.1 Å². The number of nitrogens with two attached hydrogens (primary N) is 1. The molecule has 1 atom stereocenters. The molecule has 0 aliphatic carbocycles. The molecule has 8 heteroatoms. The Morgan fingerprint density at radius 1 is 1.11 bits per heavy atom. The SMILES string of the molecule is Cc1nnc(/C=N/N(C)C)n1-c1ccc(Cl)cc1C(N)c1ccccc1Cl. The van der Waals surface area contributed by atoms with E-state index in [1.165, 1.54) is 0 Å². The third kappa shape index (κ3) is 4.13.